The lowest BCUT2D eigenvalue weighted by Gasteiger charge is -2.36. The van der Waals surface area contributed by atoms with Crippen LogP contribution in [0.1, 0.15) is 37.0 Å². The number of carboxylic acid groups (broad SMARTS) is 1. The first kappa shape index (κ1) is 14.9. The minimum absolute atomic E-state index is 0.288. The molecule has 0 aliphatic carbocycles. The molecule has 1 heterocycles. The number of aromatic carboxylic acids is 1. The highest BCUT2D eigenvalue weighted by molar-refractivity contribution is 5.87. The van der Waals surface area contributed by atoms with Gasteiger partial charge in [-0.2, -0.15) is 0 Å². The molecule has 0 unspecified atom stereocenters. The van der Waals surface area contributed by atoms with Crippen LogP contribution in [0, 0.1) is 5.41 Å². The molecule has 110 valence electrons. The van der Waals surface area contributed by atoms with Crippen molar-refractivity contribution in [2.75, 3.05) is 26.2 Å². The Labute approximate surface area is 120 Å². The Bertz CT molecular complexity index is 443. The molecule has 0 radical (unpaired) electrons. The highest BCUT2D eigenvalue weighted by Gasteiger charge is 2.24. The van der Waals surface area contributed by atoms with E-state index in [1.807, 2.05) is 0 Å². The molecule has 0 saturated carbocycles. The highest BCUT2D eigenvalue weighted by Crippen LogP contribution is 2.29. The van der Waals surface area contributed by atoms with Gasteiger partial charge in [-0.3, -0.25) is 4.90 Å². The fourth-order valence-electron chi connectivity index (χ4n) is 2.37. The fraction of sp³-hybridized carbons (Fsp3) is 0.562. The minimum atomic E-state index is -0.910. The number of rotatable bonds is 5. The third-order valence-electron chi connectivity index (χ3n) is 3.99. The van der Waals surface area contributed by atoms with Gasteiger partial charge >= 0.3 is 5.97 Å². The number of carbonyl (C=O) groups is 1. The first-order valence-electron chi connectivity index (χ1n) is 7.15. The Kier molecular flexibility index (Phi) is 4.65. The van der Waals surface area contributed by atoms with Gasteiger partial charge in [-0.25, -0.2) is 4.79 Å². The van der Waals surface area contributed by atoms with Gasteiger partial charge in [0.25, 0.3) is 0 Å². The van der Waals surface area contributed by atoms with E-state index in [-0.39, 0.29) is 5.56 Å². The van der Waals surface area contributed by atoms with Crippen molar-refractivity contribution in [2.24, 2.45) is 5.41 Å². The highest BCUT2D eigenvalue weighted by atomic mass is 16.5. The van der Waals surface area contributed by atoms with Crippen LogP contribution in [0.15, 0.2) is 24.3 Å². The van der Waals surface area contributed by atoms with Crippen LogP contribution < -0.4 is 4.74 Å². The van der Waals surface area contributed by atoms with Crippen molar-refractivity contribution < 1.29 is 14.6 Å². The Hall–Kier alpha value is -1.55. The monoisotopic (exact) mass is 277 g/mol. The number of piperidine rings is 1. The molecule has 0 aromatic heterocycles. The second-order valence-corrected chi connectivity index (χ2v) is 6.18. The zero-order valence-electron chi connectivity index (χ0n) is 12.3. The maximum Gasteiger partial charge on any atom is 0.335 e. The number of hydrogen-bond acceptors (Lipinski definition) is 3. The summed E-state index contributed by atoms with van der Waals surface area (Å²) in [6, 6.07) is 6.56. The topological polar surface area (TPSA) is 49.8 Å². The van der Waals surface area contributed by atoms with Crippen molar-refractivity contribution in [3.8, 4) is 5.75 Å². The molecule has 1 aliphatic heterocycles. The maximum atomic E-state index is 10.7. The quantitative estimate of drug-likeness (QED) is 0.899. The zero-order valence-corrected chi connectivity index (χ0v) is 12.3. The van der Waals surface area contributed by atoms with Gasteiger partial charge < -0.3 is 9.84 Å². The van der Waals surface area contributed by atoms with Crippen molar-refractivity contribution >= 4 is 5.97 Å². The molecule has 1 N–H and O–H groups in total. The van der Waals surface area contributed by atoms with E-state index in [1.165, 1.54) is 12.8 Å². The van der Waals surface area contributed by atoms with Gasteiger partial charge in [-0.1, -0.05) is 13.8 Å². The van der Waals surface area contributed by atoms with Gasteiger partial charge in [0.2, 0.25) is 0 Å². The molecule has 1 saturated heterocycles. The second-order valence-electron chi connectivity index (χ2n) is 6.18. The Morgan fingerprint density at radius 2 is 1.85 bits per heavy atom. The molecule has 0 amide bonds. The summed E-state index contributed by atoms with van der Waals surface area (Å²) in [6.07, 6.45) is 2.47. The summed E-state index contributed by atoms with van der Waals surface area (Å²) >= 11 is 0. The van der Waals surface area contributed by atoms with E-state index in [1.54, 1.807) is 24.3 Å². The van der Waals surface area contributed by atoms with E-state index in [0.29, 0.717) is 12.0 Å². The fourth-order valence-corrected chi connectivity index (χ4v) is 2.37. The third kappa shape index (κ3) is 4.23. The van der Waals surface area contributed by atoms with Crippen LogP contribution in [-0.2, 0) is 0 Å². The molecule has 1 aromatic rings. The van der Waals surface area contributed by atoms with Crippen LogP contribution in [0.3, 0.4) is 0 Å². The predicted octanol–water partition coefficient (Wildman–Crippen LogP) is 2.89. The molecule has 0 bridgehead atoms. The van der Waals surface area contributed by atoms with Crippen LogP contribution in [-0.4, -0.2) is 42.2 Å². The summed E-state index contributed by atoms with van der Waals surface area (Å²) in [5.74, 6) is -0.181. The van der Waals surface area contributed by atoms with Gasteiger partial charge in [0, 0.05) is 6.54 Å². The molecule has 0 spiro atoms. The lowest BCUT2D eigenvalue weighted by molar-refractivity contribution is 0.0697. The summed E-state index contributed by atoms with van der Waals surface area (Å²) in [5.41, 5.74) is 0.764. The van der Waals surface area contributed by atoms with Crippen molar-refractivity contribution in [1.29, 1.82) is 0 Å². The zero-order chi connectivity index (χ0) is 14.6. The average Bonchev–Trinajstić information content (AvgIpc) is 2.41. The Morgan fingerprint density at radius 1 is 1.25 bits per heavy atom. The van der Waals surface area contributed by atoms with E-state index >= 15 is 0 Å². The molecule has 0 atom stereocenters. The molecular weight excluding hydrogens is 254 g/mol. The standard InChI is InChI=1S/C16H23NO3/c1-16(2)7-9-17(10-8-16)11-12-20-14-5-3-13(4-6-14)15(18)19/h3-6H,7-12H2,1-2H3,(H,18,19). The van der Waals surface area contributed by atoms with Gasteiger partial charge in [0.1, 0.15) is 12.4 Å². The SMILES string of the molecule is CC1(C)CCN(CCOc2ccc(C(=O)O)cc2)CC1. The van der Waals surface area contributed by atoms with Crippen molar-refractivity contribution in [1.82, 2.24) is 4.90 Å². The predicted molar refractivity (Wildman–Crippen MR) is 78.4 cm³/mol. The van der Waals surface area contributed by atoms with Crippen LogP contribution >= 0.6 is 0 Å². The Morgan fingerprint density at radius 3 is 2.40 bits per heavy atom. The van der Waals surface area contributed by atoms with Crippen LogP contribution in [0.4, 0.5) is 0 Å². The molecule has 1 fully saturated rings. The largest absolute Gasteiger partial charge is 0.492 e. The summed E-state index contributed by atoms with van der Waals surface area (Å²) in [7, 11) is 0. The van der Waals surface area contributed by atoms with Crippen LogP contribution in [0.25, 0.3) is 0 Å². The average molecular weight is 277 g/mol. The number of nitrogens with zero attached hydrogens (tertiary/aromatic N) is 1. The summed E-state index contributed by atoms with van der Waals surface area (Å²) in [6.45, 7) is 8.49. The molecule has 20 heavy (non-hydrogen) atoms. The minimum Gasteiger partial charge on any atom is -0.492 e. The van der Waals surface area contributed by atoms with E-state index in [2.05, 4.69) is 18.7 Å². The van der Waals surface area contributed by atoms with Gasteiger partial charge in [0.05, 0.1) is 5.56 Å². The van der Waals surface area contributed by atoms with E-state index in [9.17, 15) is 4.79 Å². The molecule has 1 aromatic carbocycles. The summed E-state index contributed by atoms with van der Waals surface area (Å²) < 4.78 is 5.66. The normalized spacial score (nSPS) is 18.7. The first-order chi connectivity index (χ1) is 9.46. The Balaban J connectivity index is 1.72. The lowest BCUT2D eigenvalue weighted by Crippen LogP contribution is -2.39. The molecule has 2 rings (SSSR count). The van der Waals surface area contributed by atoms with Crippen molar-refractivity contribution in [3.05, 3.63) is 29.8 Å². The number of ether oxygens (including phenoxy) is 1. The van der Waals surface area contributed by atoms with Gasteiger partial charge in [-0.15, -0.1) is 0 Å². The van der Waals surface area contributed by atoms with Gasteiger partial charge in [-0.05, 0) is 55.6 Å². The van der Waals surface area contributed by atoms with Crippen LogP contribution in [0.2, 0.25) is 0 Å². The van der Waals surface area contributed by atoms with E-state index < -0.39 is 5.97 Å². The summed E-state index contributed by atoms with van der Waals surface area (Å²) in [5, 5.41) is 8.82. The molecule has 1 aliphatic rings. The molecule has 4 nitrogen and oxygen atoms in total. The lowest BCUT2D eigenvalue weighted by atomic mass is 9.83. The van der Waals surface area contributed by atoms with Gasteiger partial charge in [0.15, 0.2) is 0 Å². The first-order valence-corrected chi connectivity index (χ1v) is 7.15. The second kappa shape index (κ2) is 6.27. The number of carboxylic acids is 1. The number of hydrogen-bond donors (Lipinski definition) is 1. The number of benzene rings is 1. The van der Waals surface area contributed by atoms with E-state index in [4.69, 9.17) is 9.84 Å². The smallest absolute Gasteiger partial charge is 0.335 e. The molecule has 4 heteroatoms. The van der Waals surface area contributed by atoms with Crippen molar-refractivity contribution in [3.63, 3.8) is 0 Å². The van der Waals surface area contributed by atoms with Crippen molar-refractivity contribution in [2.45, 2.75) is 26.7 Å². The third-order valence-corrected chi connectivity index (χ3v) is 3.99. The number of likely N-dealkylation sites (tertiary alicyclic amines) is 1. The van der Waals surface area contributed by atoms with Crippen LogP contribution in [0.5, 0.6) is 5.75 Å². The van der Waals surface area contributed by atoms with E-state index in [0.717, 1.165) is 25.4 Å². The maximum absolute atomic E-state index is 10.7. The summed E-state index contributed by atoms with van der Waals surface area (Å²) in [4.78, 5) is 13.2. The molecular formula is C16H23NO3.